The maximum Gasteiger partial charge on any atom is 0.0801 e. The first-order valence-corrected chi connectivity index (χ1v) is 4.90. The van der Waals surface area contributed by atoms with E-state index < -0.39 is 0 Å². The Morgan fingerprint density at radius 3 is 3.27 bits per heavy atom. The van der Waals surface area contributed by atoms with E-state index in [-0.39, 0.29) is 0 Å². The fraction of sp³-hybridized carbons (Fsp3) is 0.444. The molecule has 1 aliphatic carbocycles. The topological polar surface area (TPSA) is 12.9 Å². The molecule has 0 saturated heterocycles. The number of rotatable bonds is 1. The van der Waals surface area contributed by atoms with Crippen molar-refractivity contribution >= 4 is 17.4 Å². The Balaban J connectivity index is 2.37. The van der Waals surface area contributed by atoms with Crippen LogP contribution in [-0.2, 0) is 6.42 Å². The molecule has 58 valence electrons. The molecule has 0 fully saturated rings. The number of thiazole rings is 1. The van der Waals surface area contributed by atoms with Gasteiger partial charge in [-0.3, -0.25) is 0 Å². The maximum atomic E-state index is 4.30. The first kappa shape index (κ1) is 7.04. The van der Waals surface area contributed by atoms with Crippen molar-refractivity contribution in [3.05, 3.63) is 21.7 Å². The number of fused-ring (bicyclic) bond motifs is 1. The van der Waals surface area contributed by atoms with Crippen molar-refractivity contribution in [2.45, 2.75) is 26.2 Å². The van der Waals surface area contributed by atoms with Gasteiger partial charge in [-0.2, -0.15) is 0 Å². The molecule has 1 heterocycles. The molecule has 11 heavy (non-hydrogen) atoms. The van der Waals surface area contributed by atoms with Crippen LogP contribution >= 0.6 is 11.3 Å². The molecule has 0 aromatic carbocycles. The summed E-state index contributed by atoms with van der Waals surface area (Å²) in [7, 11) is 0. The van der Waals surface area contributed by atoms with Crippen LogP contribution in [0.1, 0.15) is 30.3 Å². The van der Waals surface area contributed by atoms with Gasteiger partial charge >= 0.3 is 0 Å². The molecule has 2 rings (SSSR count). The van der Waals surface area contributed by atoms with Crippen LogP contribution in [0.5, 0.6) is 0 Å². The van der Waals surface area contributed by atoms with E-state index >= 15 is 0 Å². The van der Waals surface area contributed by atoms with E-state index in [2.05, 4.69) is 18.0 Å². The minimum atomic E-state index is 1.15. The molecule has 1 nitrogen and oxygen atoms in total. The Kier molecular flexibility index (Phi) is 1.78. The molecule has 0 unspecified atom stereocenters. The monoisotopic (exact) mass is 165 g/mol. The van der Waals surface area contributed by atoms with Crippen LogP contribution in [0.25, 0.3) is 6.08 Å². The number of aromatic nitrogens is 1. The number of allylic oxidation sites excluding steroid dienone is 1. The molecule has 0 amide bonds. The number of hydrogen-bond acceptors (Lipinski definition) is 2. The van der Waals surface area contributed by atoms with Crippen LogP contribution in [0.4, 0.5) is 0 Å². The number of nitrogens with zero attached hydrogens (tertiary/aromatic N) is 1. The van der Waals surface area contributed by atoms with Gasteiger partial charge in [0.15, 0.2) is 0 Å². The molecular formula is C9H11NS. The first-order valence-electron chi connectivity index (χ1n) is 4.02. The third kappa shape index (κ3) is 1.23. The van der Waals surface area contributed by atoms with Crippen molar-refractivity contribution in [3.63, 3.8) is 0 Å². The van der Waals surface area contributed by atoms with Gasteiger partial charge in [-0.05, 0) is 25.3 Å². The van der Waals surface area contributed by atoms with E-state index in [1.807, 2.05) is 5.51 Å². The zero-order chi connectivity index (χ0) is 7.68. The summed E-state index contributed by atoms with van der Waals surface area (Å²) in [5.41, 5.74) is 4.81. The molecular weight excluding hydrogens is 154 g/mol. The summed E-state index contributed by atoms with van der Waals surface area (Å²) >= 11 is 1.76. The van der Waals surface area contributed by atoms with Gasteiger partial charge in [-0.1, -0.05) is 12.5 Å². The van der Waals surface area contributed by atoms with Crippen LogP contribution in [0, 0.1) is 0 Å². The molecule has 0 N–H and O–H groups in total. The third-order valence-electron chi connectivity index (χ3n) is 2.14. The van der Waals surface area contributed by atoms with E-state index in [0.717, 1.165) is 6.42 Å². The van der Waals surface area contributed by atoms with Crippen LogP contribution < -0.4 is 0 Å². The molecule has 0 spiro atoms. The smallest absolute Gasteiger partial charge is 0.0801 e. The van der Waals surface area contributed by atoms with Crippen LogP contribution in [0.15, 0.2) is 11.1 Å². The summed E-state index contributed by atoms with van der Waals surface area (Å²) in [5.74, 6) is 0. The lowest BCUT2D eigenvalue weighted by Gasteiger charge is -2.09. The zero-order valence-corrected chi connectivity index (χ0v) is 7.45. The number of hydrogen-bond donors (Lipinski definition) is 0. The van der Waals surface area contributed by atoms with E-state index in [9.17, 15) is 0 Å². The lowest BCUT2D eigenvalue weighted by atomic mass is 10.00. The molecule has 0 radical (unpaired) electrons. The standard InChI is InChI=1S/C9H11NS/c1-2-7-3-4-8-9(5-7)11-6-10-8/h5-6H,2-4H2,1H3. The predicted molar refractivity (Wildman–Crippen MR) is 48.7 cm³/mol. The summed E-state index contributed by atoms with van der Waals surface area (Å²) in [6, 6.07) is 0. The Labute approximate surface area is 70.8 Å². The average Bonchev–Trinajstić information content (AvgIpc) is 2.50. The molecule has 1 aliphatic rings. The molecule has 1 aromatic rings. The zero-order valence-electron chi connectivity index (χ0n) is 6.63. The number of aryl methyl sites for hydroxylation is 1. The van der Waals surface area contributed by atoms with Crippen molar-refractivity contribution in [2.24, 2.45) is 0 Å². The molecule has 2 heteroatoms. The highest BCUT2D eigenvalue weighted by Crippen LogP contribution is 2.27. The fourth-order valence-corrected chi connectivity index (χ4v) is 2.22. The van der Waals surface area contributed by atoms with Crippen molar-refractivity contribution < 1.29 is 0 Å². The molecule has 0 saturated carbocycles. The SMILES string of the molecule is CCC1=Cc2scnc2CC1. The van der Waals surface area contributed by atoms with E-state index in [0.29, 0.717) is 0 Å². The summed E-state index contributed by atoms with van der Waals surface area (Å²) in [6.07, 6.45) is 5.86. The predicted octanol–water partition coefficient (Wildman–Crippen LogP) is 2.88. The summed E-state index contributed by atoms with van der Waals surface area (Å²) < 4.78 is 0. The van der Waals surface area contributed by atoms with Crippen molar-refractivity contribution in [2.75, 3.05) is 0 Å². The molecule has 0 aliphatic heterocycles. The minimum Gasteiger partial charge on any atom is -0.249 e. The van der Waals surface area contributed by atoms with E-state index in [1.165, 1.54) is 23.4 Å². The van der Waals surface area contributed by atoms with Crippen molar-refractivity contribution in [1.29, 1.82) is 0 Å². The van der Waals surface area contributed by atoms with Gasteiger partial charge < -0.3 is 0 Å². The summed E-state index contributed by atoms with van der Waals surface area (Å²) in [4.78, 5) is 5.68. The Morgan fingerprint density at radius 2 is 2.45 bits per heavy atom. The van der Waals surface area contributed by atoms with Crippen LogP contribution in [0.3, 0.4) is 0 Å². The largest absolute Gasteiger partial charge is 0.249 e. The van der Waals surface area contributed by atoms with Crippen molar-refractivity contribution in [3.8, 4) is 0 Å². The Hall–Kier alpha value is -0.630. The van der Waals surface area contributed by atoms with Gasteiger partial charge in [0.1, 0.15) is 0 Å². The van der Waals surface area contributed by atoms with Gasteiger partial charge in [-0.25, -0.2) is 4.98 Å². The third-order valence-corrected chi connectivity index (χ3v) is 2.96. The van der Waals surface area contributed by atoms with Gasteiger partial charge in [0.05, 0.1) is 16.1 Å². The summed E-state index contributed by atoms with van der Waals surface area (Å²) in [5, 5.41) is 0. The highest BCUT2D eigenvalue weighted by Gasteiger charge is 2.10. The quantitative estimate of drug-likeness (QED) is 0.623. The van der Waals surface area contributed by atoms with Gasteiger partial charge in [0.25, 0.3) is 0 Å². The Bertz CT molecular complexity index is 286. The van der Waals surface area contributed by atoms with Gasteiger partial charge in [0, 0.05) is 0 Å². The lowest BCUT2D eigenvalue weighted by Crippen LogP contribution is -1.96. The van der Waals surface area contributed by atoms with Crippen LogP contribution in [-0.4, -0.2) is 4.98 Å². The second-order valence-electron chi connectivity index (χ2n) is 2.82. The fourth-order valence-electron chi connectivity index (χ4n) is 1.40. The molecule has 1 aromatic heterocycles. The average molecular weight is 165 g/mol. The normalized spacial score (nSPS) is 15.9. The summed E-state index contributed by atoms with van der Waals surface area (Å²) in [6.45, 7) is 2.22. The second kappa shape index (κ2) is 2.78. The lowest BCUT2D eigenvalue weighted by molar-refractivity contribution is 0.856. The van der Waals surface area contributed by atoms with Crippen molar-refractivity contribution in [1.82, 2.24) is 4.98 Å². The van der Waals surface area contributed by atoms with Gasteiger partial charge in [-0.15, -0.1) is 11.3 Å². The minimum absolute atomic E-state index is 1.15. The van der Waals surface area contributed by atoms with Gasteiger partial charge in [0.2, 0.25) is 0 Å². The van der Waals surface area contributed by atoms with Crippen LogP contribution in [0.2, 0.25) is 0 Å². The second-order valence-corrected chi connectivity index (χ2v) is 3.71. The Morgan fingerprint density at radius 1 is 1.55 bits per heavy atom. The van der Waals surface area contributed by atoms with E-state index in [4.69, 9.17) is 0 Å². The van der Waals surface area contributed by atoms with E-state index in [1.54, 1.807) is 16.9 Å². The maximum absolute atomic E-state index is 4.30. The molecule has 0 bridgehead atoms. The highest BCUT2D eigenvalue weighted by molar-refractivity contribution is 7.10. The molecule has 0 atom stereocenters. The highest BCUT2D eigenvalue weighted by atomic mass is 32.1. The first-order chi connectivity index (χ1) is 5.40.